The van der Waals surface area contributed by atoms with Crippen LogP contribution in [-0.4, -0.2) is 4.98 Å². The lowest BCUT2D eigenvalue weighted by atomic mass is 10.1. The molecule has 2 rings (SSSR count). The van der Waals surface area contributed by atoms with Crippen LogP contribution in [0.15, 0.2) is 36.4 Å². The molecular formula is C13H13ClFN3. The molecule has 0 aliphatic heterocycles. The smallest absolute Gasteiger partial charge is 0.133 e. The Morgan fingerprint density at radius 3 is 2.72 bits per heavy atom. The van der Waals surface area contributed by atoms with Gasteiger partial charge >= 0.3 is 0 Å². The summed E-state index contributed by atoms with van der Waals surface area (Å²) < 4.78 is 13.6. The van der Waals surface area contributed by atoms with Gasteiger partial charge < -0.3 is 11.1 Å². The number of aromatic nitrogens is 1. The van der Waals surface area contributed by atoms with Gasteiger partial charge in [0.25, 0.3) is 0 Å². The molecule has 3 N–H and O–H groups in total. The van der Waals surface area contributed by atoms with E-state index in [9.17, 15) is 4.39 Å². The fourth-order valence-corrected chi connectivity index (χ4v) is 1.93. The average Bonchev–Trinajstić information content (AvgIpc) is 2.27. The van der Waals surface area contributed by atoms with Crippen LogP contribution in [0.4, 0.5) is 15.9 Å². The maximum absolute atomic E-state index is 13.6. The number of halogens is 2. The zero-order valence-corrected chi connectivity index (χ0v) is 10.6. The molecule has 0 fully saturated rings. The standard InChI is InChI=1S/C13H13ClFN3/c1-8(10-4-2-3-5-11(10)15)17-13-7-9(16)6-12(14)18-13/h2-8H,1H3,(H3,16,17,18). The molecule has 18 heavy (non-hydrogen) atoms. The van der Waals surface area contributed by atoms with E-state index >= 15 is 0 Å². The maximum atomic E-state index is 13.6. The molecule has 2 aromatic rings. The molecule has 0 bridgehead atoms. The van der Waals surface area contributed by atoms with Gasteiger partial charge in [0.1, 0.15) is 16.8 Å². The van der Waals surface area contributed by atoms with Gasteiger partial charge in [-0.1, -0.05) is 29.8 Å². The zero-order chi connectivity index (χ0) is 13.1. The van der Waals surface area contributed by atoms with Crippen LogP contribution in [-0.2, 0) is 0 Å². The lowest BCUT2D eigenvalue weighted by Crippen LogP contribution is -2.10. The van der Waals surface area contributed by atoms with Gasteiger partial charge in [-0.05, 0) is 19.1 Å². The third kappa shape index (κ3) is 2.90. The molecule has 1 aromatic heterocycles. The van der Waals surface area contributed by atoms with Gasteiger partial charge in [0.2, 0.25) is 0 Å². The molecule has 0 radical (unpaired) electrons. The van der Waals surface area contributed by atoms with E-state index in [2.05, 4.69) is 10.3 Å². The highest BCUT2D eigenvalue weighted by Crippen LogP contribution is 2.23. The maximum Gasteiger partial charge on any atom is 0.133 e. The number of nitrogens with one attached hydrogen (secondary N) is 1. The van der Waals surface area contributed by atoms with E-state index in [1.807, 2.05) is 6.92 Å². The first kappa shape index (κ1) is 12.6. The fourth-order valence-electron chi connectivity index (χ4n) is 1.72. The summed E-state index contributed by atoms with van der Waals surface area (Å²) in [5, 5.41) is 3.37. The molecule has 1 unspecified atom stereocenters. The van der Waals surface area contributed by atoms with Gasteiger partial charge in [0.15, 0.2) is 0 Å². The number of hydrogen-bond acceptors (Lipinski definition) is 3. The first-order chi connectivity index (χ1) is 8.56. The summed E-state index contributed by atoms with van der Waals surface area (Å²) in [6.45, 7) is 1.84. The number of rotatable bonds is 3. The van der Waals surface area contributed by atoms with Crippen molar-refractivity contribution in [2.45, 2.75) is 13.0 Å². The molecule has 0 saturated heterocycles. The Hall–Kier alpha value is -1.81. The fraction of sp³-hybridized carbons (Fsp3) is 0.154. The highest BCUT2D eigenvalue weighted by molar-refractivity contribution is 6.29. The summed E-state index contributed by atoms with van der Waals surface area (Å²) in [5.74, 6) is 0.267. The number of nitrogens with zero attached hydrogens (tertiary/aromatic N) is 1. The van der Waals surface area contributed by atoms with Crippen LogP contribution in [0.2, 0.25) is 5.15 Å². The van der Waals surface area contributed by atoms with Gasteiger partial charge in [-0.2, -0.15) is 0 Å². The van der Waals surface area contributed by atoms with Gasteiger partial charge in [0, 0.05) is 17.3 Å². The Balaban J connectivity index is 2.21. The van der Waals surface area contributed by atoms with Crippen molar-refractivity contribution in [2.75, 3.05) is 11.1 Å². The van der Waals surface area contributed by atoms with Crippen molar-refractivity contribution in [3.8, 4) is 0 Å². The van der Waals surface area contributed by atoms with Gasteiger partial charge in [0.05, 0.1) is 6.04 Å². The monoisotopic (exact) mass is 265 g/mol. The average molecular weight is 266 g/mol. The number of nitrogens with two attached hydrogens (primary N) is 1. The lowest BCUT2D eigenvalue weighted by molar-refractivity contribution is 0.600. The largest absolute Gasteiger partial charge is 0.399 e. The molecule has 5 heteroatoms. The second-order valence-corrected chi connectivity index (χ2v) is 4.38. The highest BCUT2D eigenvalue weighted by atomic mass is 35.5. The first-order valence-corrected chi connectivity index (χ1v) is 5.88. The van der Waals surface area contributed by atoms with Gasteiger partial charge in [-0.25, -0.2) is 9.37 Å². The van der Waals surface area contributed by atoms with E-state index in [1.165, 1.54) is 6.07 Å². The van der Waals surface area contributed by atoms with Gasteiger partial charge in [-0.3, -0.25) is 0 Å². The Morgan fingerprint density at radius 2 is 2.06 bits per heavy atom. The molecule has 1 atom stereocenters. The topological polar surface area (TPSA) is 50.9 Å². The quantitative estimate of drug-likeness (QED) is 0.833. The lowest BCUT2D eigenvalue weighted by Gasteiger charge is -2.16. The van der Waals surface area contributed by atoms with Crippen LogP contribution >= 0.6 is 11.6 Å². The normalized spacial score (nSPS) is 12.2. The van der Waals surface area contributed by atoms with E-state index in [0.717, 1.165) is 0 Å². The summed E-state index contributed by atoms with van der Waals surface area (Å²) in [6.07, 6.45) is 0. The molecular weight excluding hydrogens is 253 g/mol. The Labute approximate surface area is 110 Å². The van der Waals surface area contributed by atoms with Crippen molar-refractivity contribution in [3.63, 3.8) is 0 Å². The number of benzene rings is 1. The SMILES string of the molecule is CC(Nc1cc(N)cc(Cl)n1)c1ccccc1F. The number of nitrogen functional groups attached to an aromatic ring is 1. The van der Waals surface area contributed by atoms with Crippen molar-refractivity contribution in [1.82, 2.24) is 4.98 Å². The summed E-state index contributed by atoms with van der Waals surface area (Å²) in [7, 11) is 0. The number of pyridine rings is 1. The number of anilines is 2. The molecule has 1 aromatic carbocycles. The minimum atomic E-state index is -0.257. The molecule has 0 aliphatic rings. The molecule has 3 nitrogen and oxygen atoms in total. The summed E-state index contributed by atoms with van der Waals surface area (Å²) >= 11 is 5.81. The summed E-state index contributed by atoms with van der Waals surface area (Å²) in [4.78, 5) is 4.08. The number of hydrogen-bond donors (Lipinski definition) is 2. The predicted molar refractivity (Wildman–Crippen MR) is 72.1 cm³/mol. The van der Waals surface area contributed by atoms with E-state index in [0.29, 0.717) is 22.2 Å². The molecule has 0 amide bonds. The van der Waals surface area contributed by atoms with Crippen molar-refractivity contribution in [3.05, 3.63) is 52.9 Å². The van der Waals surface area contributed by atoms with Crippen LogP contribution in [0.5, 0.6) is 0 Å². The van der Waals surface area contributed by atoms with Crippen LogP contribution < -0.4 is 11.1 Å². The summed E-state index contributed by atoms with van der Waals surface area (Å²) in [6, 6.07) is 9.58. The van der Waals surface area contributed by atoms with Crippen molar-refractivity contribution in [1.29, 1.82) is 0 Å². The van der Waals surface area contributed by atoms with E-state index < -0.39 is 0 Å². The second-order valence-electron chi connectivity index (χ2n) is 4.00. The van der Waals surface area contributed by atoms with Crippen molar-refractivity contribution >= 4 is 23.1 Å². The third-order valence-corrected chi connectivity index (χ3v) is 2.75. The van der Waals surface area contributed by atoms with Crippen LogP contribution in [0, 0.1) is 5.82 Å². The van der Waals surface area contributed by atoms with Crippen LogP contribution in [0.25, 0.3) is 0 Å². The summed E-state index contributed by atoms with van der Waals surface area (Å²) in [5.41, 5.74) is 6.74. The van der Waals surface area contributed by atoms with Crippen molar-refractivity contribution in [2.24, 2.45) is 0 Å². The van der Waals surface area contributed by atoms with E-state index in [4.69, 9.17) is 17.3 Å². The molecule has 0 saturated carbocycles. The minimum absolute atomic E-state index is 0.225. The molecule has 1 heterocycles. The molecule has 0 spiro atoms. The zero-order valence-electron chi connectivity index (χ0n) is 9.82. The first-order valence-electron chi connectivity index (χ1n) is 5.50. The van der Waals surface area contributed by atoms with E-state index in [-0.39, 0.29) is 11.9 Å². The van der Waals surface area contributed by atoms with E-state index in [1.54, 1.807) is 30.3 Å². The predicted octanol–water partition coefficient (Wildman–Crippen LogP) is 3.63. The van der Waals surface area contributed by atoms with Crippen LogP contribution in [0.1, 0.15) is 18.5 Å². The Kier molecular flexibility index (Phi) is 3.67. The Bertz CT molecular complexity index is 539. The molecule has 0 aliphatic carbocycles. The third-order valence-electron chi connectivity index (χ3n) is 2.55. The van der Waals surface area contributed by atoms with Crippen molar-refractivity contribution < 1.29 is 4.39 Å². The minimum Gasteiger partial charge on any atom is -0.399 e. The molecule has 94 valence electrons. The second kappa shape index (κ2) is 5.23. The van der Waals surface area contributed by atoms with Gasteiger partial charge in [-0.15, -0.1) is 0 Å². The highest BCUT2D eigenvalue weighted by Gasteiger charge is 2.11. The Morgan fingerprint density at radius 1 is 1.33 bits per heavy atom. The van der Waals surface area contributed by atoms with Crippen LogP contribution in [0.3, 0.4) is 0 Å².